The lowest BCUT2D eigenvalue weighted by Crippen LogP contribution is -2.50. The Morgan fingerprint density at radius 3 is 2.48 bits per heavy atom. The van der Waals surface area contributed by atoms with Crippen LogP contribution in [0.5, 0.6) is 0 Å². The van der Waals surface area contributed by atoms with Crippen molar-refractivity contribution < 1.29 is 14.7 Å². The van der Waals surface area contributed by atoms with Crippen molar-refractivity contribution in [3.8, 4) is 0 Å². The fourth-order valence-electron chi connectivity index (χ4n) is 2.38. The number of thioether (sulfide) groups is 1. The zero-order chi connectivity index (χ0) is 15.3. The average Bonchev–Trinajstić information content (AvgIpc) is 2.44. The van der Waals surface area contributed by atoms with Crippen LogP contribution in [0.15, 0.2) is 30.3 Å². The molecule has 1 aliphatic carbocycles. The van der Waals surface area contributed by atoms with Gasteiger partial charge in [0.2, 0.25) is 0 Å². The summed E-state index contributed by atoms with van der Waals surface area (Å²) in [5.74, 6) is -1.03. The highest BCUT2D eigenvalue weighted by atomic mass is 32.2. The Bertz CT molecular complexity index is 497. The van der Waals surface area contributed by atoms with Gasteiger partial charge in [0.05, 0.1) is 0 Å². The Morgan fingerprint density at radius 1 is 1.33 bits per heavy atom. The van der Waals surface area contributed by atoms with Crippen molar-refractivity contribution in [2.24, 2.45) is 0 Å². The van der Waals surface area contributed by atoms with E-state index >= 15 is 0 Å². The largest absolute Gasteiger partial charge is 0.480 e. The second-order valence-corrected chi connectivity index (χ2v) is 6.49. The molecule has 1 aliphatic rings. The van der Waals surface area contributed by atoms with E-state index in [2.05, 4.69) is 11.6 Å². The maximum atomic E-state index is 12.3. The smallest absolute Gasteiger partial charge is 0.323 e. The molecule has 2 rings (SSSR count). The highest BCUT2D eigenvalue weighted by molar-refractivity contribution is 8.00. The Balaban J connectivity index is 2.02. The maximum Gasteiger partial charge on any atom is 0.323 e. The van der Waals surface area contributed by atoms with E-state index in [-0.39, 0.29) is 17.3 Å². The molecule has 0 heterocycles. The predicted molar refractivity (Wildman–Crippen MR) is 84.9 cm³/mol. The van der Waals surface area contributed by atoms with E-state index in [4.69, 9.17) is 5.11 Å². The molecule has 5 nitrogen and oxygen atoms in total. The molecule has 6 heteroatoms. The number of carboxylic acids is 1. The fourth-order valence-corrected chi connectivity index (χ4v) is 3.29. The third-order valence-corrected chi connectivity index (χ3v) is 5.28. The molecule has 0 unspecified atom stereocenters. The van der Waals surface area contributed by atoms with Gasteiger partial charge in [-0.2, -0.15) is 11.8 Å². The number of hydrogen-bond donors (Lipinski definition) is 2. The molecule has 1 fully saturated rings. The summed E-state index contributed by atoms with van der Waals surface area (Å²) in [7, 11) is 0. The molecule has 114 valence electrons. The van der Waals surface area contributed by atoms with E-state index in [9.17, 15) is 9.59 Å². The van der Waals surface area contributed by atoms with E-state index in [0.717, 1.165) is 12.8 Å². The second kappa shape index (κ2) is 6.85. The minimum absolute atomic E-state index is 0.126. The van der Waals surface area contributed by atoms with Gasteiger partial charge in [0.25, 0.3) is 0 Å². The van der Waals surface area contributed by atoms with Crippen molar-refractivity contribution in [2.45, 2.75) is 24.0 Å². The number of anilines is 1. The summed E-state index contributed by atoms with van der Waals surface area (Å²) in [6, 6.07) is 8.51. The number of amides is 2. The normalized spacial score (nSPS) is 15.9. The van der Waals surface area contributed by atoms with Crippen LogP contribution in [0.1, 0.15) is 19.3 Å². The molecule has 21 heavy (non-hydrogen) atoms. The van der Waals surface area contributed by atoms with Gasteiger partial charge in [0.15, 0.2) is 0 Å². The fraction of sp³-hybridized carbons (Fsp3) is 0.467. The highest BCUT2D eigenvalue weighted by Gasteiger charge is 2.36. The zero-order valence-electron chi connectivity index (χ0n) is 12.0. The number of benzene rings is 1. The van der Waals surface area contributed by atoms with Gasteiger partial charge in [-0.15, -0.1) is 0 Å². The van der Waals surface area contributed by atoms with Crippen molar-refractivity contribution in [1.29, 1.82) is 0 Å². The van der Waals surface area contributed by atoms with Gasteiger partial charge < -0.3 is 10.4 Å². The molecule has 0 bridgehead atoms. The Kier molecular flexibility index (Phi) is 5.12. The lowest BCUT2D eigenvalue weighted by Gasteiger charge is -2.40. The summed E-state index contributed by atoms with van der Waals surface area (Å²) in [5, 5.41) is 11.9. The van der Waals surface area contributed by atoms with Gasteiger partial charge in [0.1, 0.15) is 6.54 Å². The van der Waals surface area contributed by atoms with Crippen molar-refractivity contribution in [2.75, 3.05) is 24.2 Å². The summed E-state index contributed by atoms with van der Waals surface area (Å²) in [4.78, 5) is 24.6. The number of carbonyl (C=O) groups excluding carboxylic acids is 1. The first kappa shape index (κ1) is 15.7. The summed E-state index contributed by atoms with van der Waals surface area (Å²) >= 11 is 1.77. The van der Waals surface area contributed by atoms with Crippen LogP contribution in [0.25, 0.3) is 0 Å². The number of rotatable bonds is 6. The lowest BCUT2D eigenvalue weighted by molar-refractivity contribution is -0.135. The molecular formula is C15H20N2O3S. The Hall–Kier alpha value is -1.69. The third kappa shape index (κ3) is 3.91. The van der Waals surface area contributed by atoms with E-state index in [1.165, 1.54) is 11.3 Å². The standard InChI is InChI=1S/C15H20N2O3S/c1-21-15(8-5-9-15)11-16-14(20)17(10-13(18)19)12-6-3-2-4-7-12/h2-4,6-7H,5,8-11H2,1H3,(H,16,20)(H,18,19). The van der Waals surface area contributed by atoms with Gasteiger partial charge in [0, 0.05) is 17.0 Å². The van der Waals surface area contributed by atoms with Crippen molar-refractivity contribution in [1.82, 2.24) is 5.32 Å². The van der Waals surface area contributed by atoms with Crippen LogP contribution in [-0.4, -0.2) is 41.2 Å². The average molecular weight is 308 g/mol. The first-order valence-corrected chi connectivity index (χ1v) is 8.16. The van der Waals surface area contributed by atoms with E-state index in [0.29, 0.717) is 12.2 Å². The number of urea groups is 1. The maximum absolute atomic E-state index is 12.3. The van der Waals surface area contributed by atoms with E-state index in [1.54, 1.807) is 36.0 Å². The lowest BCUT2D eigenvalue weighted by atomic mass is 9.84. The van der Waals surface area contributed by atoms with Crippen LogP contribution in [0.2, 0.25) is 0 Å². The SMILES string of the molecule is CSC1(CNC(=O)N(CC(=O)O)c2ccccc2)CCC1. The second-order valence-electron chi connectivity index (χ2n) is 5.21. The summed E-state index contributed by atoms with van der Waals surface area (Å²) in [6.07, 6.45) is 5.43. The number of aliphatic carboxylic acids is 1. The van der Waals surface area contributed by atoms with Gasteiger partial charge in [-0.1, -0.05) is 24.6 Å². The topological polar surface area (TPSA) is 69.6 Å². The van der Waals surface area contributed by atoms with Gasteiger partial charge in [-0.05, 0) is 31.2 Å². The molecule has 1 aromatic rings. The molecule has 1 aromatic carbocycles. The minimum atomic E-state index is -1.03. The number of para-hydroxylation sites is 1. The molecular weight excluding hydrogens is 288 g/mol. The molecule has 0 spiro atoms. The van der Waals surface area contributed by atoms with Gasteiger partial charge in [-0.25, -0.2) is 4.79 Å². The van der Waals surface area contributed by atoms with Crippen molar-refractivity contribution >= 4 is 29.4 Å². The van der Waals surface area contributed by atoms with Crippen LogP contribution >= 0.6 is 11.8 Å². The van der Waals surface area contributed by atoms with Gasteiger partial charge in [-0.3, -0.25) is 9.69 Å². The van der Waals surface area contributed by atoms with E-state index in [1.807, 2.05) is 6.07 Å². The van der Waals surface area contributed by atoms with Crippen LogP contribution in [-0.2, 0) is 4.79 Å². The van der Waals surface area contributed by atoms with Crippen LogP contribution < -0.4 is 10.2 Å². The van der Waals surface area contributed by atoms with Gasteiger partial charge >= 0.3 is 12.0 Å². The molecule has 2 amide bonds. The number of nitrogens with zero attached hydrogens (tertiary/aromatic N) is 1. The number of hydrogen-bond acceptors (Lipinski definition) is 3. The van der Waals surface area contributed by atoms with Crippen LogP contribution in [0, 0.1) is 0 Å². The van der Waals surface area contributed by atoms with Crippen LogP contribution in [0.3, 0.4) is 0 Å². The molecule has 0 aliphatic heterocycles. The summed E-state index contributed by atoms with van der Waals surface area (Å²) in [5.41, 5.74) is 0.587. The molecule has 0 atom stereocenters. The Morgan fingerprint density at radius 2 is 2.00 bits per heavy atom. The highest BCUT2D eigenvalue weighted by Crippen LogP contribution is 2.42. The molecule has 1 saturated carbocycles. The predicted octanol–water partition coefficient (Wildman–Crippen LogP) is 2.57. The monoisotopic (exact) mass is 308 g/mol. The number of carbonyl (C=O) groups is 2. The van der Waals surface area contributed by atoms with Crippen molar-refractivity contribution in [3.63, 3.8) is 0 Å². The first-order chi connectivity index (χ1) is 10.1. The number of nitrogens with one attached hydrogen (secondary N) is 1. The summed E-state index contributed by atoms with van der Waals surface area (Å²) < 4.78 is 0.126. The van der Waals surface area contributed by atoms with E-state index < -0.39 is 5.97 Å². The van der Waals surface area contributed by atoms with Crippen LogP contribution in [0.4, 0.5) is 10.5 Å². The first-order valence-electron chi connectivity index (χ1n) is 6.94. The summed E-state index contributed by atoms with van der Waals surface area (Å²) in [6.45, 7) is 0.234. The molecule has 0 saturated heterocycles. The third-order valence-electron chi connectivity index (χ3n) is 3.87. The molecule has 0 radical (unpaired) electrons. The number of carboxylic acid groups (broad SMARTS) is 1. The molecule has 0 aromatic heterocycles. The Labute approximate surface area is 128 Å². The van der Waals surface area contributed by atoms with Crippen molar-refractivity contribution in [3.05, 3.63) is 30.3 Å². The quantitative estimate of drug-likeness (QED) is 0.847. The molecule has 2 N–H and O–H groups in total. The zero-order valence-corrected chi connectivity index (χ0v) is 12.9. The minimum Gasteiger partial charge on any atom is -0.480 e.